The van der Waals surface area contributed by atoms with Crippen molar-refractivity contribution in [3.8, 4) is 5.75 Å². The minimum atomic E-state index is 0.156. The number of carbonyl (C=O) groups is 1. The van der Waals surface area contributed by atoms with E-state index in [1.165, 1.54) is 24.0 Å². The Morgan fingerprint density at radius 1 is 1.15 bits per heavy atom. The molecule has 0 unspecified atom stereocenters. The Hall–Kier alpha value is -1.97. The van der Waals surface area contributed by atoms with Gasteiger partial charge in [0.05, 0.1) is 7.11 Å². The van der Waals surface area contributed by atoms with Crippen LogP contribution in [0.25, 0.3) is 5.57 Å². The lowest BCUT2D eigenvalue weighted by Gasteiger charge is -2.32. The Labute approximate surface area is 164 Å². The highest BCUT2D eigenvalue weighted by Gasteiger charge is 2.25. The predicted octanol–water partition coefficient (Wildman–Crippen LogP) is 5.24. The molecule has 1 aliphatic carbocycles. The molecule has 4 heteroatoms. The van der Waals surface area contributed by atoms with Crippen molar-refractivity contribution in [3.05, 3.63) is 35.9 Å². The van der Waals surface area contributed by atoms with Crippen molar-refractivity contribution in [1.82, 2.24) is 10.2 Å². The quantitative estimate of drug-likeness (QED) is 0.744. The van der Waals surface area contributed by atoms with Gasteiger partial charge in [0, 0.05) is 19.1 Å². The van der Waals surface area contributed by atoms with Crippen LogP contribution >= 0.6 is 0 Å². The molecule has 1 N–H and O–H groups in total. The summed E-state index contributed by atoms with van der Waals surface area (Å²) in [6, 6.07) is 8.91. The zero-order valence-corrected chi connectivity index (χ0v) is 16.9. The highest BCUT2D eigenvalue weighted by molar-refractivity contribution is 5.74. The topological polar surface area (TPSA) is 41.6 Å². The van der Waals surface area contributed by atoms with Gasteiger partial charge < -0.3 is 15.0 Å². The third-order valence-corrected chi connectivity index (χ3v) is 6.12. The Morgan fingerprint density at radius 2 is 1.81 bits per heavy atom. The van der Waals surface area contributed by atoms with E-state index in [0.29, 0.717) is 12.0 Å². The molecule has 0 atom stereocenters. The lowest BCUT2D eigenvalue weighted by molar-refractivity contribution is 0.167. The second kappa shape index (κ2) is 9.82. The van der Waals surface area contributed by atoms with Gasteiger partial charge in [-0.3, -0.25) is 0 Å². The highest BCUT2D eigenvalue weighted by Crippen LogP contribution is 2.26. The molecule has 0 aromatic heterocycles. The van der Waals surface area contributed by atoms with Crippen LogP contribution < -0.4 is 10.1 Å². The average Bonchev–Trinajstić information content (AvgIpc) is 3.22. The molecule has 1 aliphatic heterocycles. The summed E-state index contributed by atoms with van der Waals surface area (Å²) in [6.07, 6.45) is 11.6. The zero-order valence-electron chi connectivity index (χ0n) is 16.9. The normalized spacial score (nSPS) is 19.3. The van der Waals surface area contributed by atoms with E-state index in [-0.39, 0.29) is 6.03 Å². The molecule has 0 spiro atoms. The largest absolute Gasteiger partial charge is 0.497 e. The summed E-state index contributed by atoms with van der Waals surface area (Å²) in [4.78, 5) is 14.4. The van der Waals surface area contributed by atoms with Gasteiger partial charge in [0.2, 0.25) is 0 Å². The van der Waals surface area contributed by atoms with Gasteiger partial charge in [0.25, 0.3) is 0 Å². The Bertz CT molecular complexity index is 624. The molecule has 1 aromatic rings. The number of piperidine rings is 1. The maximum atomic E-state index is 12.4. The molecule has 3 rings (SSSR count). The molecule has 148 valence electrons. The van der Waals surface area contributed by atoms with Crippen molar-refractivity contribution in [2.75, 3.05) is 20.2 Å². The number of amides is 2. The molecule has 0 radical (unpaired) electrons. The maximum absolute atomic E-state index is 12.4. The van der Waals surface area contributed by atoms with Crippen LogP contribution in [0.3, 0.4) is 0 Å². The Morgan fingerprint density at radius 3 is 2.41 bits per heavy atom. The molecule has 1 heterocycles. The number of ether oxygens (including phenoxy) is 1. The van der Waals surface area contributed by atoms with Crippen LogP contribution in [-0.2, 0) is 0 Å². The van der Waals surface area contributed by atoms with Gasteiger partial charge in [0.1, 0.15) is 5.75 Å². The van der Waals surface area contributed by atoms with E-state index in [1.54, 1.807) is 7.11 Å². The molecule has 27 heavy (non-hydrogen) atoms. The molecular weight excluding hydrogens is 336 g/mol. The van der Waals surface area contributed by atoms with Crippen LogP contribution in [0.5, 0.6) is 5.75 Å². The Kier molecular flexibility index (Phi) is 7.19. The van der Waals surface area contributed by atoms with Crippen LogP contribution in [0.4, 0.5) is 4.79 Å². The first-order valence-electron chi connectivity index (χ1n) is 10.6. The summed E-state index contributed by atoms with van der Waals surface area (Å²) in [5.41, 5.74) is 2.69. The number of nitrogens with one attached hydrogen (secondary N) is 1. The van der Waals surface area contributed by atoms with E-state index < -0.39 is 0 Å². The molecule has 0 bridgehead atoms. The molecule has 2 aliphatic rings. The van der Waals surface area contributed by atoms with Crippen molar-refractivity contribution >= 4 is 11.6 Å². The fraction of sp³-hybridized carbons (Fsp3) is 0.609. The van der Waals surface area contributed by atoms with E-state index in [9.17, 15) is 4.79 Å². The summed E-state index contributed by atoms with van der Waals surface area (Å²) in [6.45, 7) is 3.99. The molecule has 4 nitrogen and oxygen atoms in total. The molecule has 1 saturated carbocycles. The van der Waals surface area contributed by atoms with Gasteiger partial charge in [-0.15, -0.1) is 0 Å². The summed E-state index contributed by atoms with van der Waals surface area (Å²) >= 11 is 0. The van der Waals surface area contributed by atoms with Gasteiger partial charge in [-0.25, -0.2) is 4.79 Å². The van der Waals surface area contributed by atoms with E-state index in [0.717, 1.165) is 57.4 Å². The summed E-state index contributed by atoms with van der Waals surface area (Å²) < 4.78 is 5.25. The average molecular weight is 371 g/mol. The number of allylic oxidation sites excluding steroid dienone is 2. The predicted molar refractivity (Wildman–Crippen MR) is 111 cm³/mol. The highest BCUT2D eigenvalue weighted by atomic mass is 16.5. The molecule has 1 saturated heterocycles. The third kappa shape index (κ3) is 5.50. The fourth-order valence-corrected chi connectivity index (χ4v) is 4.29. The van der Waals surface area contributed by atoms with Crippen LogP contribution in [0.1, 0.15) is 63.9 Å². The molecule has 2 fully saturated rings. The van der Waals surface area contributed by atoms with Crippen molar-refractivity contribution in [2.24, 2.45) is 5.92 Å². The number of benzene rings is 1. The van der Waals surface area contributed by atoms with E-state index in [2.05, 4.69) is 30.4 Å². The SMILES string of the molecule is CC/C(=C\CC1CCN(C(=O)NC2CCCC2)CC1)c1ccc(OC)cc1. The molecule has 2 amide bonds. The fourth-order valence-electron chi connectivity index (χ4n) is 4.29. The number of rotatable bonds is 6. The molecular formula is C23H34N2O2. The van der Waals surface area contributed by atoms with Gasteiger partial charge in [-0.2, -0.15) is 0 Å². The van der Waals surface area contributed by atoms with Crippen LogP contribution in [0.15, 0.2) is 30.3 Å². The van der Waals surface area contributed by atoms with E-state index >= 15 is 0 Å². The second-order valence-electron chi connectivity index (χ2n) is 7.91. The van der Waals surface area contributed by atoms with Gasteiger partial charge >= 0.3 is 6.03 Å². The number of carbonyl (C=O) groups excluding carboxylic acids is 1. The number of nitrogens with zero attached hydrogens (tertiary/aromatic N) is 1. The smallest absolute Gasteiger partial charge is 0.317 e. The lowest BCUT2D eigenvalue weighted by Crippen LogP contribution is -2.47. The monoisotopic (exact) mass is 370 g/mol. The summed E-state index contributed by atoms with van der Waals surface area (Å²) in [5, 5.41) is 3.22. The van der Waals surface area contributed by atoms with E-state index in [1.807, 2.05) is 17.0 Å². The number of urea groups is 1. The molecule has 1 aromatic carbocycles. The van der Waals surface area contributed by atoms with Gasteiger partial charge in [-0.05, 0) is 67.7 Å². The number of hydrogen-bond acceptors (Lipinski definition) is 2. The first kappa shape index (κ1) is 19.8. The van der Waals surface area contributed by atoms with Crippen molar-refractivity contribution < 1.29 is 9.53 Å². The number of methoxy groups -OCH3 is 1. The number of likely N-dealkylation sites (tertiary alicyclic amines) is 1. The van der Waals surface area contributed by atoms with Gasteiger partial charge in [0.15, 0.2) is 0 Å². The lowest BCUT2D eigenvalue weighted by atomic mass is 9.91. The Balaban J connectivity index is 1.47. The zero-order chi connectivity index (χ0) is 19.1. The van der Waals surface area contributed by atoms with Crippen LogP contribution in [-0.4, -0.2) is 37.2 Å². The first-order chi connectivity index (χ1) is 13.2. The minimum Gasteiger partial charge on any atom is -0.497 e. The van der Waals surface area contributed by atoms with Crippen LogP contribution in [0.2, 0.25) is 0 Å². The van der Waals surface area contributed by atoms with Crippen molar-refractivity contribution in [3.63, 3.8) is 0 Å². The van der Waals surface area contributed by atoms with Crippen molar-refractivity contribution in [1.29, 1.82) is 0 Å². The first-order valence-corrected chi connectivity index (χ1v) is 10.6. The summed E-state index contributed by atoms with van der Waals surface area (Å²) in [5.74, 6) is 1.58. The second-order valence-corrected chi connectivity index (χ2v) is 7.91. The maximum Gasteiger partial charge on any atom is 0.317 e. The minimum absolute atomic E-state index is 0.156. The van der Waals surface area contributed by atoms with Crippen LogP contribution in [0, 0.1) is 5.92 Å². The van der Waals surface area contributed by atoms with E-state index in [4.69, 9.17) is 4.74 Å². The standard InChI is InChI=1S/C23H34N2O2/c1-3-19(20-10-12-22(27-2)13-11-20)9-8-18-14-16-25(17-15-18)23(26)24-21-6-4-5-7-21/h9-13,18,21H,3-8,14-17H2,1-2H3,(H,24,26)/b19-9+. The van der Waals surface area contributed by atoms with Crippen molar-refractivity contribution in [2.45, 2.75) is 64.3 Å². The third-order valence-electron chi connectivity index (χ3n) is 6.12. The van der Waals surface area contributed by atoms with Gasteiger partial charge in [-0.1, -0.05) is 38.0 Å². The summed E-state index contributed by atoms with van der Waals surface area (Å²) in [7, 11) is 1.70. The number of hydrogen-bond donors (Lipinski definition) is 1.